The van der Waals surface area contributed by atoms with Gasteiger partial charge in [-0.3, -0.25) is 0 Å². The minimum atomic E-state index is -0.123. The molecule has 0 radical (unpaired) electrons. The summed E-state index contributed by atoms with van der Waals surface area (Å²) in [6, 6.07) is 75.3. The van der Waals surface area contributed by atoms with Crippen LogP contribution in [-0.4, -0.2) is 0 Å². The Morgan fingerprint density at radius 3 is 1.58 bits per heavy atom. The van der Waals surface area contributed by atoms with Crippen molar-refractivity contribution >= 4 is 139 Å². The molecule has 0 saturated heterocycles. The minimum absolute atomic E-state index is 0.0947. The lowest BCUT2D eigenvalue weighted by molar-refractivity contribution is 0.618. The fourth-order valence-corrected chi connectivity index (χ4v) is 21.3. The van der Waals surface area contributed by atoms with Crippen LogP contribution < -0.4 is 0 Å². The van der Waals surface area contributed by atoms with Crippen LogP contribution in [0.2, 0.25) is 0 Å². The van der Waals surface area contributed by atoms with Crippen molar-refractivity contribution in [3.63, 3.8) is 0 Å². The molecule has 0 fully saturated rings. The molecule has 14 aromatic rings. The van der Waals surface area contributed by atoms with E-state index in [1.807, 2.05) is 22.7 Å². The standard InChI is InChI=1S/C94H66S2/c1-93(2)81-41-37-63(47-77(81)78-51-80-64-19-15-16-28-84(64)95-87(80)52-83(78)93)91-72-26-13-9-22-68(72)89(69-23-10-14-27-73(69)91)61-34-32-55-43-56(30-31-57(55)45-61)58-35-39-65-79-50-75-59(49-86(79)96-85(65)48-58)36-40-74-76-46-62(38-42-82(76)94(3,4)92(74)75)90-70-24-11-7-20-66(70)88(67-21-8-12-25-71(67)90)60-33-29-53-17-5-6-18-54(53)44-60/h5-43,47-52,54,57,76H,44-46H2,1-4H3. The largest absolute Gasteiger partial charge is 0.135 e. The second-order valence-corrected chi connectivity index (χ2v) is 31.4. The van der Waals surface area contributed by atoms with Gasteiger partial charge in [0, 0.05) is 68.9 Å². The van der Waals surface area contributed by atoms with Gasteiger partial charge in [0.05, 0.1) is 0 Å². The number of allylic oxidation sites excluding steroid dienone is 20. The van der Waals surface area contributed by atoms with Crippen molar-refractivity contribution in [2.24, 2.45) is 11.8 Å². The Morgan fingerprint density at radius 2 is 0.896 bits per heavy atom. The Hall–Kier alpha value is -10.2. The van der Waals surface area contributed by atoms with E-state index in [2.05, 4.69) is 301 Å². The molecule has 0 nitrogen and oxygen atoms in total. The van der Waals surface area contributed by atoms with Gasteiger partial charge in [-0.1, -0.05) is 264 Å². The van der Waals surface area contributed by atoms with Gasteiger partial charge < -0.3 is 0 Å². The Balaban J connectivity index is 0.603. The highest BCUT2D eigenvalue weighted by molar-refractivity contribution is 7.26. The molecule has 12 aromatic carbocycles. The minimum Gasteiger partial charge on any atom is -0.135 e. The molecule has 2 aromatic heterocycles. The third-order valence-electron chi connectivity index (χ3n) is 23.5. The van der Waals surface area contributed by atoms with E-state index in [1.54, 1.807) is 0 Å². The van der Waals surface area contributed by atoms with Gasteiger partial charge in [0.15, 0.2) is 0 Å². The van der Waals surface area contributed by atoms with Crippen LogP contribution in [0.5, 0.6) is 0 Å². The maximum Gasteiger partial charge on any atom is 0.0361 e. The molecule has 0 saturated carbocycles. The van der Waals surface area contributed by atoms with E-state index in [9.17, 15) is 0 Å². The molecular formula is C94H66S2. The average Bonchev–Trinajstić information content (AvgIpc) is 1.49. The second-order valence-electron chi connectivity index (χ2n) is 29.2. The Labute approximate surface area is 567 Å². The summed E-state index contributed by atoms with van der Waals surface area (Å²) in [5.74, 6) is 1.02. The van der Waals surface area contributed by atoms with E-state index in [0.717, 1.165) is 19.3 Å². The molecule has 0 amide bonds. The number of thiophene rings is 2. The van der Waals surface area contributed by atoms with Crippen molar-refractivity contribution in [1.82, 2.24) is 0 Å². The highest BCUT2D eigenvalue weighted by atomic mass is 32.1. The third-order valence-corrected chi connectivity index (χ3v) is 25.8. The molecule has 2 heterocycles. The van der Waals surface area contributed by atoms with Crippen molar-refractivity contribution in [2.45, 2.75) is 63.7 Å². The predicted octanol–water partition coefficient (Wildman–Crippen LogP) is 26.4. The van der Waals surface area contributed by atoms with Gasteiger partial charge in [-0.15, -0.1) is 22.7 Å². The first kappa shape index (κ1) is 55.1. The molecule has 2 heteroatoms. The van der Waals surface area contributed by atoms with Crippen molar-refractivity contribution in [3.05, 3.63) is 334 Å². The molecule has 3 unspecified atom stereocenters. The lowest BCUT2D eigenvalue weighted by Crippen LogP contribution is -2.18. The maximum atomic E-state index is 2.56. The molecule has 0 bridgehead atoms. The highest BCUT2D eigenvalue weighted by Crippen LogP contribution is 2.60. The molecule has 7 aliphatic carbocycles. The number of rotatable bonds is 5. The van der Waals surface area contributed by atoms with Gasteiger partial charge in [-0.05, 0) is 216 Å². The third kappa shape index (κ3) is 7.83. The van der Waals surface area contributed by atoms with E-state index >= 15 is 0 Å². The van der Waals surface area contributed by atoms with Crippen LogP contribution >= 0.6 is 22.7 Å². The first-order chi connectivity index (χ1) is 47.1. The molecule has 454 valence electrons. The zero-order valence-corrected chi connectivity index (χ0v) is 55.8. The van der Waals surface area contributed by atoms with E-state index in [4.69, 9.17) is 0 Å². The molecule has 3 atom stereocenters. The zero-order chi connectivity index (χ0) is 63.4. The van der Waals surface area contributed by atoms with E-state index in [1.165, 1.54) is 200 Å². The topological polar surface area (TPSA) is 0 Å². The quantitative estimate of drug-likeness (QED) is 0.151. The first-order valence-electron chi connectivity index (χ1n) is 34.5. The summed E-state index contributed by atoms with van der Waals surface area (Å²) in [5, 5.41) is 18.8. The molecule has 0 N–H and O–H groups in total. The summed E-state index contributed by atoms with van der Waals surface area (Å²) < 4.78 is 5.42. The fourth-order valence-electron chi connectivity index (χ4n) is 19.0. The van der Waals surface area contributed by atoms with E-state index in [0.29, 0.717) is 17.8 Å². The van der Waals surface area contributed by atoms with Crippen molar-refractivity contribution in [2.75, 3.05) is 0 Å². The summed E-state index contributed by atoms with van der Waals surface area (Å²) in [6.07, 6.45) is 33.9. The van der Waals surface area contributed by atoms with Crippen molar-refractivity contribution in [3.8, 4) is 22.3 Å². The molecule has 7 aliphatic rings. The van der Waals surface area contributed by atoms with Gasteiger partial charge in [0.2, 0.25) is 0 Å². The number of hydrogen-bond donors (Lipinski definition) is 0. The lowest BCUT2D eigenvalue weighted by Gasteiger charge is -2.29. The summed E-state index contributed by atoms with van der Waals surface area (Å²) >= 11 is 3.86. The van der Waals surface area contributed by atoms with Crippen LogP contribution in [0.15, 0.2) is 290 Å². The Bertz CT molecular complexity index is 6170. The fraction of sp³-hybridized carbons (Fsp3) is 0.128. The Morgan fingerprint density at radius 1 is 0.354 bits per heavy atom. The summed E-state index contributed by atoms with van der Waals surface area (Å²) in [7, 11) is 0. The predicted molar refractivity (Wildman–Crippen MR) is 416 cm³/mol. The van der Waals surface area contributed by atoms with Gasteiger partial charge in [0.25, 0.3) is 0 Å². The molecule has 0 aliphatic heterocycles. The SMILES string of the molecule is CC1(C)C2=CC=C(c3c4ccccc4c(C4=CC=C5C=CC=CC5C4)c4ccccc34)CC2c2ccc3cc4sc5cc(C6=CC7=CC=C(c8c9ccccc9c(-c9ccc%10c(c9)-c9cc%11c(cc9C%10(C)C)sc9ccccc9%11)c9ccccc89)CC7C=C6)ccc5c4cc3c21. The average molecular weight is 1260 g/mol. The first-order valence-corrected chi connectivity index (χ1v) is 36.1. The van der Waals surface area contributed by atoms with Crippen LogP contribution in [0.4, 0.5) is 0 Å². The second kappa shape index (κ2) is 20.2. The van der Waals surface area contributed by atoms with Crippen LogP contribution in [0.25, 0.3) is 139 Å². The van der Waals surface area contributed by atoms with Crippen LogP contribution in [0.1, 0.15) is 97.4 Å². The van der Waals surface area contributed by atoms with Crippen molar-refractivity contribution in [1.29, 1.82) is 0 Å². The van der Waals surface area contributed by atoms with Crippen LogP contribution in [0.3, 0.4) is 0 Å². The number of hydrogen-bond acceptors (Lipinski definition) is 2. The van der Waals surface area contributed by atoms with Crippen LogP contribution in [-0.2, 0) is 10.8 Å². The lowest BCUT2D eigenvalue weighted by atomic mass is 9.74. The Kier molecular flexibility index (Phi) is 11.6. The van der Waals surface area contributed by atoms with Crippen molar-refractivity contribution < 1.29 is 0 Å². The zero-order valence-electron chi connectivity index (χ0n) is 54.2. The summed E-state index contributed by atoms with van der Waals surface area (Å²) in [6.45, 7) is 9.79. The molecule has 96 heavy (non-hydrogen) atoms. The molecular weight excluding hydrogens is 1190 g/mol. The monoisotopic (exact) mass is 1260 g/mol. The number of benzene rings is 12. The van der Waals surface area contributed by atoms with Gasteiger partial charge in [-0.2, -0.15) is 0 Å². The van der Waals surface area contributed by atoms with Crippen LogP contribution in [0, 0.1) is 11.8 Å². The number of fused-ring (bicyclic) bond motifs is 20. The smallest absolute Gasteiger partial charge is 0.0361 e. The van der Waals surface area contributed by atoms with E-state index < -0.39 is 0 Å². The summed E-state index contributed by atoms with van der Waals surface area (Å²) in [5.41, 5.74) is 26.2. The normalized spacial score (nSPS) is 19.5. The summed E-state index contributed by atoms with van der Waals surface area (Å²) in [4.78, 5) is 0. The molecule has 21 rings (SSSR count). The highest BCUT2D eigenvalue weighted by Gasteiger charge is 2.44. The van der Waals surface area contributed by atoms with Gasteiger partial charge >= 0.3 is 0 Å². The van der Waals surface area contributed by atoms with E-state index in [-0.39, 0.29) is 10.8 Å². The molecule has 0 spiro atoms. The van der Waals surface area contributed by atoms with Gasteiger partial charge in [0.1, 0.15) is 0 Å². The van der Waals surface area contributed by atoms with Gasteiger partial charge in [-0.25, -0.2) is 0 Å². The maximum absolute atomic E-state index is 2.56.